The third-order valence-corrected chi connectivity index (χ3v) is 3.78. The van der Waals surface area contributed by atoms with Crippen molar-refractivity contribution >= 4 is 18.0 Å². The van der Waals surface area contributed by atoms with Crippen LogP contribution in [0, 0.1) is 17.8 Å². The summed E-state index contributed by atoms with van der Waals surface area (Å²) in [6, 6.07) is -1.01. The van der Waals surface area contributed by atoms with Crippen molar-refractivity contribution in [2.45, 2.75) is 39.3 Å². The molecule has 118 valence electrons. The van der Waals surface area contributed by atoms with Gasteiger partial charge in [-0.3, -0.25) is 9.69 Å². The van der Waals surface area contributed by atoms with Crippen LogP contribution in [0.5, 0.6) is 0 Å². The molecule has 4 atom stereocenters. The fraction of sp³-hybridized carbons (Fsp3) is 0.786. The SMILES string of the molecule is CCOC(=O)[C@H]1C2[C@@H](C(=O)O)N(C(=O)OC(C)(C)C)C[C@@H]21. The van der Waals surface area contributed by atoms with E-state index in [9.17, 15) is 19.5 Å². The Morgan fingerprint density at radius 3 is 2.38 bits per heavy atom. The van der Waals surface area contributed by atoms with Crippen LogP contribution >= 0.6 is 0 Å². The Morgan fingerprint density at radius 1 is 1.29 bits per heavy atom. The van der Waals surface area contributed by atoms with Gasteiger partial charge in [-0.05, 0) is 33.6 Å². The largest absolute Gasteiger partial charge is 0.480 e. The molecule has 1 unspecified atom stereocenters. The Balaban J connectivity index is 2.07. The molecule has 1 N–H and O–H groups in total. The number of likely N-dealkylation sites (tertiary alicyclic amines) is 1. The molecule has 0 bridgehead atoms. The lowest BCUT2D eigenvalue weighted by molar-refractivity contribution is -0.147. The lowest BCUT2D eigenvalue weighted by Crippen LogP contribution is -2.47. The molecule has 1 saturated carbocycles. The van der Waals surface area contributed by atoms with Crippen LogP contribution in [0.1, 0.15) is 27.7 Å². The molecule has 1 amide bonds. The fourth-order valence-corrected chi connectivity index (χ4v) is 2.99. The molecular weight excluding hydrogens is 278 g/mol. The van der Waals surface area contributed by atoms with E-state index in [2.05, 4.69) is 0 Å². The second-order valence-corrected chi connectivity index (χ2v) is 6.43. The number of carbonyl (C=O) groups excluding carboxylic acids is 2. The maximum atomic E-state index is 12.1. The predicted octanol–water partition coefficient (Wildman–Crippen LogP) is 1.12. The maximum absolute atomic E-state index is 12.1. The van der Waals surface area contributed by atoms with Crippen molar-refractivity contribution in [2.75, 3.05) is 13.2 Å². The summed E-state index contributed by atoms with van der Waals surface area (Å²) < 4.78 is 10.2. The van der Waals surface area contributed by atoms with Crippen molar-refractivity contribution in [3.05, 3.63) is 0 Å². The average molecular weight is 299 g/mol. The highest BCUT2D eigenvalue weighted by molar-refractivity contribution is 5.86. The van der Waals surface area contributed by atoms with Crippen LogP contribution in [0.3, 0.4) is 0 Å². The van der Waals surface area contributed by atoms with Gasteiger partial charge in [0.25, 0.3) is 0 Å². The summed E-state index contributed by atoms with van der Waals surface area (Å²) in [6.07, 6.45) is -0.648. The Morgan fingerprint density at radius 2 is 1.90 bits per heavy atom. The van der Waals surface area contributed by atoms with Crippen molar-refractivity contribution in [2.24, 2.45) is 17.8 Å². The summed E-state index contributed by atoms with van der Waals surface area (Å²) in [5, 5.41) is 9.36. The molecule has 2 fully saturated rings. The molecule has 7 heteroatoms. The Hall–Kier alpha value is -1.79. The lowest BCUT2D eigenvalue weighted by Gasteiger charge is -2.29. The molecule has 7 nitrogen and oxygen atoms in total. The molecule has 0 aromatic rings. The van der Waals surface area contributed by atoms with Gasteiger partial charge in [-0.15, -0.1) is 0 Å². The summed E-state index contributed by atoms with van der Waals surface area (Å²) >= 11 is 0. The third kappa shape index (κ3) is 2.96. The predicted molar refractivity (Wildman–Crippen MR) is 71.5 cm³/mol. The van der Waals surface area contributed by atoms with Gasteiger partial charge in [0.15, 0.2) is 0 Å². The van der Waals surface area contributed by atoms with Gasteiger partial charge in [0.1, 0.15) is 11.6 Å². The Kier molecular flexibility index (Phi) is 3.86. The van der Waals surface area contributed by atoms with Crippen molar-refractivity contribution in [3.63, 3.8) is 0 Å². The second-order valence-electron chi connectivity index (χ2n) is 6.43. The van der Waals surface area contributed by atoms with E-state index >= 15 is 0 Å². The average Bonchev–Trinajstić information content (AvgIpc) is 2.87. The monoisotopic (exact) mass is 299 g/mol. The number of amides is 1. The number of nitrogens with zero attached hydrogens (tertiary/aromatic N) is 1. The van der Waals surface area contributed by atoms with Crippen LogP contribution < -0.4 is 0 Å². The van der Waals surface area contributed by atoms with Crippen LogP contribution in [-0.2, 0) is 19.1 Å². The first-order chi connectivity index (χ1) is 9.67. The van der Waals surface area contributed by atoms with E-state index in [0.717, 1.165) is 0 Å². The number of carbonyl (C=O) groups is 3. The normalized spacial score (nSPS) is 30.6. The number of hydrogen-bond donors (Lipinski definition) is 1. The number of esters is 1. The number of piperidine rings is 1. The first-order valence-corrected chi connectivity index (χ1v) is 7.06. The van der Waals surface area contributed by atoms with E-state index in [1.165, 1.54) is 4.90 Å². The number of carboxylic acid groups (broad SMARTS) is 1. The lowest BCUT2D eigenvalue weighted by atomic mass is 10.1. The molecule has 2 rings (SSSR count). The highest BCUT2D eigenvalue weighted by Gasteiger charge is 2.68. The zero-order valence-corrected chi connectivity index (χ0v) is 12.7. The smallest absolute Gasteiger partial charge is 0.411 e. The Labute approximate surface area is 123 Å². The fourth-order valence-electron chi connectivity index (χ4n) is 2.99. The van der Waals surface area contributed by atoms with Crippen LogP contribution in [0.4, 0.5) is 4.79 Å². The molecule has 0 aromatic carbocycles. The van der Waals surface area contributed by atoms with Gasteiger partial charge in [0, 0.05) is 12.5 Å². The summed E-state index contributed by atoms with van der Waals surface area (Å²) in [7, 11) is 0. The van der Waals surface area contributed by atoms with E-state index < -0.39 is 29.6 Å². The molecule has 2 aliphatic rings. The topological polar surface area (TPSA) is 93.1 Å². The van der Waals surface area contributed by atoms with Gasteiger partial charge in [0.05, 0.1) is 12.5 Å². The molecule has 1 heterocycles. The molecule has 1 saturated heterocycles. The summed E-state index contributed by atoms with van der Waals surface area (Å²) in [5.74, 6) is -2.40. The minimum absolute atomic E-state index is 0.141. The molecule has 0 aromatic heterocycles. The molecule has 0 spiro atoms. The molecule has 1 aliphatic heterocycles. The maximum Gasteiger partial charge on any atom is 0.411 e. The highest BCUT2D eigenvalue weighted by atomic mass is 16.6. The van der Waals surface area contributed by atoms with E-state index in [1.807, 2.05) is 0 Å². The van der Waals surface area contributed by atoms with Crippen molar-refractivity contribution in [1.29, 1.82) is 0 Å². The minimum atomic E-state index is -1.11. The number of rotatable bonds is 3. The first-order valence-electron chi connectivity index (χ1n) is 7.06. The first kappa shape index (κ1) is 15.6. The van der Waals surface area contributed by atoms with E-state index in [4.69, 9.17) is 9.47 Å². The van der Waals surface area contributed by atoms with Gasteiger partial charge < -0.3 is 14.6 Å². The van der Waals surface area contributed by atoms with Crippen molar-refractivity contribution < 1.29 is 29.0 Å². The molecule has 21 heavy (non-hydrogen) atoms. The van der Waals surface area contributed by atoms with Crippen molar-refractivity contribution in [1.82, 2.24) is 4.90 Å². The number of fused-ring (bicyclic) bond motifs is 1. The molecular formula is C14H21NO6. The zero-order valence-electron chi connectivity index (χ0n) is 12.7. The Bertz CT molecular complexity index is 469. The standard InChI is InChI=1S/C14H21NO6/c1-5-20-12(18)9-7-6-15(10(8(7)9)11(16)17)13(19)21-14(2,3)4/h7-10H,5-6H2,1-4H3,(H,16,17)/t7-,8?,9+,10-/m0/s1. The van der Waals surface area contributed by atoms with Crippen LogP contribution in [-0.4, -0.2) is 52.8 Å². The summed E-state index contributed by atoms with van der Waals surface area (Å²) in [4.78, 5) is 36.5. The quantitative estimate of drug-likeness (QED) is 0.785. The van der Waals surface area contributed by atoms with Gasteiger partial charge in [-0.25, -0.2) is 9.59 Å². The molecule has 0 radical (unpaired) electrons. The zero-order chi connectivity index (χ0) is 15.9. The van der Waals surface area contributed by atoms with Gasteiger partial charge in [0.2, 0.25) is 0 Å². The van der Waals surface area contributed by atoms with E-state index in [0.29, 0.717) is 0 Å². The van der Waals surface area contributed by atoms with E-state index in [-0.39, 0.29) is 31.0 Å². The summed E-state index contributed by atoms with van der Waals surface area (Å²) in [5.41, 5.74) is -0.687. The highest BCUT2D eigenvalue weighted by Crippen LogP contribution is 2.56. The van der Waals surface area contributed by atoms with E-state index in [1.54, 1.807) is 27.7 Å². The number of hydrogen-bond acceptors (Lipinski definition) is 5. The minimum Gasteiger partial charge on any atom is -0.480 e. The van der Waals surface area contributed by atoms with Crippen molar-refractivity contribution in [3.8, 4) is 0 Å². The number of ether oxygens (including phenoxy) is 2. The number of aliphatic carboxylic acids is 1. The second kappa shape index (κ2) is 5.20. The summed E-state index contributed by atoms with van der Waals surface area (Å²) in [6.45, 7) is 7.36. The van der Waals surface area contributed by atoms with Crippen LogP contribution in [0.15, 0.2) is 0 Å². The number of carboxylic acids is 1. The third-order valence-electron chi connectivity index (χ3n) is 3.78. The van der Waals surface area contributed by atoms with Gasteiger partial charge in [-0.1, -0.05) is 0 Å². The van der Waals surface area contributed by atoms with Gasteiger partial charge >= 0.3 is 18.0 Å². The van der Waals surface area contributed by atoms with Gasteiger partial charge in [-0.2, -0.15) is 0 Å². The van der Waals surface area contributed by atoms with Crippen LogP contribution in [0.2, 0.25) is 0 Å². The molecule has 1 aliphatic carbocycles. The van der Waals surface area contributed by atoms with Crippen LogP contribution in [0.25, 0.3) is 0 Å².